The Labute approximate surface area is 62.6 Å². The molecule has 1 nitrogen and oxygen atoms in total. The van der Waals surface area contributed by atoms with Crippen LogP contribution in [0.2, 0.25) is 0 Å². The van der Waals surface area contributed by atoms with Crippen LogP contribution in [-0.4, -0.2) is 25.1 Å². The average molecular weight is 147 g/mol. The van der Waals surface area contributed by atoms with Gasteiger partial charge in [-0.2, -0.15) is 11.8 Å². The summed E-state index contributed by atoms with van der Waals surface area (Å²) >= 11 is 2.02. The molecule has 2 heteroatoms. The third kappa shape index (κ3) is 6.19. The van der Waals surface area contributed by atoms with E-state index < -0.39 is 0 Å². The summed E-state index contributed by atoms with van der Waals surface area (Å²) in [4.78, 5) is 0. The Morgan fingerprint density at radius 3 is 2.67 bits per heavy atom. The van der Waals surface area contributed by atoms with Crippen molar-refractivity contribution in [1.29, 1.82) is 0 Å². The number of nitrogens with one attached hydrogen (secondary N) is 1. The maximum atomic E-state index is 3.16. The van der Waals surface area contributed by atoms with Gasteiger partial charge in [0.2, 0.25) is 0 Å². The lowest BCUT2D eigenvalue weighted by molar-refractivity contribution is 0.604. The van der Waals surface area contributed by atoms with E-state index in [1.54, 1.807) is 0 Å². The van der Waals surface area contributed by atoms with Gasteiger partial charge in [0.15, 0.2) is 0 Å². The largest absolute Gasteiger partial charge is 0.319 e. The van der Waals surface area contributed by atoms with Gasteiger partial charge < -0.3 is 5.32 Å². The summed E-state index contributed by atoms with van der Waals surface area (Å²) in [6, 6.07) is 0. The van der Waals surface area contributed by atoms with E-state index in [0.717, 1.165) is 12.5 Å². The predicted octanol–water partition coefficient (Wildman–Crippen LogP) is 1.59. The predicted molar refractivity (Wildman–Crippen MR) is 46.1 cm³/mol. The molecule has 0 aliphatic carbocycles. The van der Waals surface area contributed by atoms with Gasteiger partial charge in [0.1, 0.15) is 0 Å². The van der Waals surface area contributed by atoms with Crippen LogP contribution < -0.4 is 5.32 Å². The second kappa shape index (κ2) is 6.43. The molecule has 0 saturated carbocycles. The molecule has 0 rings (SSSR count). The first-order valence-electron chi connectivity index (χ1n) is 3.53. The minimum atomic E-state index is 0.819. The summed E-state index contributed by atoms with van der Waals surface area (Å²) in [5.41, 5.74) is 0. The van der Waals surface area contributed by atoms with Gasteiger partial charge in [0.25, 0.3) is 0 Å². The van der Waals surface area contributed by atoms with Crippen molar-refractivity contribution in [1.82, 2.24) is 5.32 Å². The SMILES string of the molecule is CCSCC(C)CNC. The van der Waals surface area contributed by atoms with E-state index >= 15 is 0 Å². The summed E-state index contributed by atoms with van der Waals surface area (Å²) in [6.45, 7) is 5.63. The first-order valence-corrected chi connectivity index (χ1v) is 4.69. The highest BCUT2D eigenvalue weighted by molar-refractivity contribution is 7.99. The lowest BCUT2D eigenvalue weighted by Gasteiger charge is -2.07. The van der Waals surface area contributed by atoms with E-state index in [-0.39, 0.29) is 0 Å². The van der Waals surface area contributed by atoms with Crippen LogP contribution in [0.3, 0.4) is 0 Å². The van der Waals surface area contributed by atoms with E-state index in [4.69, 9.17) is 0 Å². The highest BCUT2D eigenvalue weighted by atomic mass is 32.2. The molecule has 0 spiro atoms. The smallest absolute Gasteiger partial charge is 0.00183 e. The molecule has 1 N–H and O–H groups in total. The molecule has 56 valence electrons. The van der Waals surface area contributed by atoms with Gasteiger partial charge in [-0.25, -0.2) is 0 Å². The van der Waals surface area contributed by atoms with Crippen molar-refractivity contribution in [3.8, 4) is 0 Å². The summed E-state index contributed by atoms with van der Waals surface area (Å²) in [5, 5.41) is 3.16. The molecule has 0 radical (unpaired) electrons. The van der Waals surface area contributed by atoms with Gasteiger partial charge >= 0.3 is 0 Å². The van der Waals surface area contributed by atoms with Crippen LogP contribution in [0.4, 0.5) is 0 Å². The Hall–Kier alpha value is 0.310. The molecule has 9 heavy (non-hydrogen) atoms. The van der Waals surface area contributed by atoms with Gasteiger partial charge in [-0.1, -0.05) is 13.8 Å². The van der Waals surface area contributed by atoms with Crippen molar-refractivity contribution in [2.45, 2.75) is 13.8 Å². The van der Waals surface area contributed by atoms with E-state index in [0.29, 0.717) is 0 Å². The van der Waals surface area contributed by atoms with Crippen LogP contribution in [0.5, 0.6) is 0 Å². The Morgan fingerprint density at radius 2 is 2.22 bits per heavy atom. The van der Waals surface area contributed by atoms with Gasteiger partial charge in [0.05, 0.1) is 0 Å². The van der Waals surface area contributed by atoms with Crippen molar-refractivity contribution in [2.24, 2.45) is 5.92 Å². The molecular weight excluding hydrogens is 130 g/mol. The lowest BCUT2D eigenvalue weighted by atomic mass is 10.2. The topological polar surface area (TPSA) is 12.0 Å². The lowest BCUT2D eigenvalue weighted by Crippen LogP contribution is -2.17. The summed E-state index contributed by atoms with van der Waals surface area (Å²) < 4.78 is 0. The zero-order chi connectivity index (χ0) is 7.11. The van der Waals surface area contributed by atoms with Crippen molar-refractivity contribution >= 4 is 11.8 Å². The fourth-order valence-corrected chi connectivity index (χ4v) is 1.48. The van der Waals surface area contributed by atoms with Gasteiger partial charge in [0, 0.05) is 0 Å². The summed E-state index contributed by atoms with van der Waals surface area (Å²) in [7, 11) is 2.01. The Balaban J connectivity index is 2.95. The molecule has 0 aromatic heterocycles. The van der Waals surface area contributed by atoms with Crippen LogP contribution in [-0.2, 0) is 0 Å². The molecule has 0 fully saturated rings. The molecule has 0 saturated heterocycles. The van der Waals surface area contributed by atoms with E-state index in [1.165, 1.54) is 11.5 Å². The summed E-state index contributed by atoms with van der Waals surface area (Å²) in [5.74, 6) is 3.35. The van der Waals surface area contributed by atoms with Crippen LogP contribution >= 0.6 is 11.8 Å². The molecule has 0 bridgehead atoms. The molecule has 0 aliphatic rings. The third-order valence-electron chi connectivity index (χ3n) is 1.16. The van der Waals surface area contributed by atoms with Gasteiger partial charge in [-0.05, 0) is 31.0 Å². The van der Waals surface area contributed by atoms with Crippen molar-refractivity contribution in [2.75, 3.05) is 25.1 Å². The number of hydrogen-bond acceptors (Lipinski definition) is 2. The zero-order valence-electron chi connectivity index (χ0n) is 6.61. The molecule has 0 aromatic carbocycles. The van der Waals surface area contributed by atoms with Crippen LogP contribution in [0.15, 0.2) is 0 Å². The molecule has 0 aromatic rings. The van der Waals surface area contributed by atoms with Crippen LogP contribution in [0, 0.1) is 5.92 Å². The monoisotopic (exact) mass is 147 g/mol. The Kier molecular flexibility index (Phi) is 6.65. The summed E-state index contributed by atoms with van der Waals surface area (Å²) in [6.07, 6.45) is 0. The Bertz CT molecular complexity index is 56.9. The first-order chi connectivity index (χ1) is 4.31. The van der Waals surface area contributed by atoms with Crippen molar-refractivity contribution in [3.63, 3.8) is 0 Å². The van der Waals surface area contributed by atoms with E-state index in [1.807, 2.05) is 18.8 Å². The minimum Gasteiger partial charge on any atom is -0.319 e. The van der Waals surface area contributed by atoms with Gasteiger partial charge in [-0.3, -0.25) is 0 Å². The maximum Gasteiger partial charge on any atom is -0.00183 e. The fraction of sp³-hybridized carbons (Fsp3) is 1.00. The standard InChI is InChI=1S/C7H17NS/c1-4-9-6-7(2)5-8-3/h7-8H,4-6H2,1-3H3. The fourth-order valence-electron chi connectivity index (χ4n) is 0.726. The van der Waals surface area contributed by atoms with Crippen molar-refractivity contribution in [3.05, 3.63) is 0 Å². The highest BCUT2D eigenvalue weighted by Gasteiger charge is 1.97. The minimum absolute atomic E-state index is 0.819. The number of hydrogen-bond donors (Lipinski definition) is 1. The third-order valence-corrected chi connectivity index (χ3v) is 2.37. The highest BCUT2D eigenvalue weighted by Crippen LogP contribution is 2.05. The van der Waals surface area contributed by atoms with Crippen LogP contribution in [0.25, 0.3) is 0 Å². The second-order valence-corrected chi connectivity index (χ2v) is 3.64. The maximum absolute atomic E-state index is 3.16. The average Bonchev–Trinajstić information content (AvgIpc) is 1.85. The van der Waals surface area contributed by atoms with Gasteiger partial charge in [-0.15, -0.1) is 0 Å². The Morgan fingerprint density at radius 1 is 1.56 bits per heavy atom. The molecule has 1 atom stereocenters. The molecule has 0 heterocycles. The molecule has 0 amide bonds. The molecular formula is C7H17NS. The normalized spacial score (nSPS) is 13.7. The zero-order valence-corrected chi connectivity index (χ0v) is 7.42. The quantitative estimate of drug-likeness (QED) is 0.634. The van der Waals surface area contributed by atoms with E-state index in [9.17, 15) is 0 Å². The van der Waals surface area contributed by atoms with E-state index in [2.05, 4.69) is 19.2 Å². The second-order valence-electron chi connectivity index (χ2n) is 2.32. The first kappa shape index (κ1) is 9.31. The number of rotatable bonds is 5. The van der Waals surface area contributed by atoms with Crippen LogP contribution in [0.1, 0.15) is 13.8 Å². The van der Waals surface area contributed by atoms with Crippen molar-refractivity contribution < 1.29 is 0 Å². The molecule has 0 aliphatic heterocycles. The molecule has 1 unspecified atom stereocenters. The number of thioether (sulfide) groups is 1.